The van der Waals surface area contributed by atoms with Crippen molar-refractivity contribution >= 4 is 23.4 Å². The summed E-state index contributed by atoms with van der Waals surface area (Å²) in [4.78, 5) is 26.3. The average Bonchev–Trinajstić information content (AvgIpc) is 2.82. The van der Waals surface area contributed by atoms with E-state index in [0.29, 0.717) is 46.2 Å². The van der Waals surface area contributed by atoms with Gasteiger partial charge in [0, 0.05) is 34.3 Å². The molecule has 0 aromatic heterocycles. The Bertz CT molecular complexity index is 1180. The number of methoxy groups -OCH3 is 3. The molecule has 1 N–H and O–H groups in total. The summed E-state index contributed by atoms with van der Waals surface area (Å²) in [5.41, 5.74) is 4.30. The zero-order chi connectivity index (χ0) is 23.7. The summed E-state index contributed by atoms with van der Waals surface area (Å²) < 4.78 is 15.9. The maximum atomic E-state index is 13.6. The van der Waals surface area contributed by atoms with Gasteiger partial charge in [-0.25, -0.2) is 4.79 Å². The van der Waals surface area contributed by atoms with Crippen molar-refractivity contribution in [3.63, 3.8) is 0 Å². The fraction of sp³-hybridized carbons (Fsp3) is 0.308. The number of ether oxygens (including phenoxy) is 3. The second-order valence-electron chi connectivity index (χ2n) is 8.18. The predicted molar refractivity (Wildman–Crippen MR) is 126 cm³/mol. The van der Waals surface area contributed by atoms with E-state index in [1.807, 2.05) is 37.3 Å². The van der Waals surface area contributed by atoms with Gasteiger partial charge in [0.25, 0.3) is 0 Å². The van der Waals surface area contributed by atoms with Crippen LogP contribution in [0.5, 0.6) is 11.5 Å². The Hall–Kier alpha value is -3.25. The molecule has 1 aliphatic heterocycles. The Morgan fingerprint density at radius 1 is 1.00 bits per heavy atom. The van der Waals surface area contributed by atoms with Crippen LogP contribution in [-0.2, 0) is 14.3 Å². The number of ketones is 1. The molecule has 4 rings (SSSR count). The van der Waals surface area contributed by atoms with Gasteiger partial charge in [-0.1, -0.05) is 29.8 Å². The number of dihydropyridines is 1. The minimum Gasteiger partial charge on any atom is -0.493 e. The fourth-order valence-corrected chi connectivity index (χ4v) is 4.98. The molecule has 1 aliphatic carbocycles. The highest BCUT2D eigenvalue weighted by atomic mass is 35.5. The first kappa shape index (κ1) is 22.9. The third-order valence-corrected chi connectivity index (χ3v) is 6.53. The van der Waals surface area contributed by atoms with Crippen molar-refractivity contribution in [1.29, 1.82) is 0 Å². The number of carbonyl (C=O) groups excluding carboxylic acids is 2. The fourth-order valence-electron chi connectivity index (χ4n) is 4.78. The highest BCUT2D eigenvalue weighted by Gasteiger charge is 2.41. The van der Waals surface area contributed by atoms with Crippen molar-refractivity contribution in [2.45, 2.75) is 31.6 Å². The van der Waals surface area contributed by atoms with E-state index in [-0.39, 0.29) is 11.7 Å². The quantitative estimate of drug-likeness (QED) is 0.631. The molecule has 7 heteroatoms. The minimum absolute atomic E-state index is 0.0117. The maximum Gasteiger partial charge on any atom is 0.336 e. The lowest BCUT2D eigenvalue weighted by molar-refractivity contribution is -0.136. The van der Waals surface area contributed by atoms with Gasteiger partial charge in [0.2, 0.25) is 0 Å². The van der Waals surface area contributed by atoms with Gasteiger partial charge in [-0.2, -0.15) is 0 Å². The summed E-state index contributed by atoms with van der Waals surface area (Å²) in [5, 5.41) is 3.87. The molecule has 0 amide bonds. The lowest BCUT2D eigenvalue weighted by Gasteiger charge is -2.36. The second-order valence-corrected chi connectivity index (χ2v) is 8.61. The molecule has 6 nitrogen and oxygen atoms in total. The number of halogens is 1. The molecule has 0 radical (unpaired) electrons. The summed E-state index contributed by atoms with van der Waals surface area (Å²) in [6.07, 6.45) is 0.944. The van der Waals surface area contributed by atoms with Crippen LogP contribution in [0.4, 0.5) is 0 Å². The number of rotatable bonds is 5. The van der Waals surface area contributed by atoms with Gasteiger partial charge >= 0.3 is 5.97 Å². The molecular formula is C26H26ClNO5. The van der Waals surface area contributed by atoms with E-state index in [9.17, 15) is 9.59 Å². The van der Waals surface area contributed by atoms with Crippen LogP contribution in [0.15, 0.2) is 65.0 Å². The zero-order valence-corrected chi connectivity index (χ0v) is 19.8. The number of Topliss-reactive ketones (excluding diaryl/α,β-unsaturated/α-hetero) is 1. The van der Waals surface area contributed by atoms with Gasteiger partial charge in [0.05, 0.1) is 26.9 Å². The third-order valence-electron chi connectivity index (χ3n) is 6.29. The van der Waals surface area contributed by atoms with E-state index >= 15 is 0 Å². The van der Waals surface area contributed by atoms with Crippen molar-refractivity contribution < 1.29 is 23.8 Å². The molecule has 0 saturated carbocycles. The topological polar surface area (TPSA) is 73.9 Å². The Morgan fingerprint density at radius 3 is 2.42 bits per heavy atom. The number of nitrogens with one attached hydrogen (secondary N) is 1. The van der Waals surface area contributed by atoms with Crippen LogP contribution in [-0.4, -0.2) is 33.1 Å². The summed E-state index contributed by atoms with van der Waals surface area (Å²) in [6.45, 7) is 1.83. The summed E-state index contributed by atoms with van der Waals surface area (Å²) in [7, 11) is 4.53. The maximum absolute atomic E-state index is 13.6. The van der Waals surface area contributed by atoms with Gasteiger partial charge in [-0.3, -0.25) is 4.79 Å². The van der Waals surface area contributed by atoms with Crippen LogP contribution in [0.3, 0.4) is 0 Å². The number of benzene rings is 2. The first-order valence-corrected chi connectivity index (χ1v) is 11.1. The first-order valence-electron chi connectivity index (χ1n) is 10.7. The molecule has 0 unspecified atom stereocenters. The van der Waals surface area contributed by atoms with Crippen molar-refractivity contribution in [1.82, 2.24) is 5.32 Å². The number of hydrogen-bond donors (Lipinski definition) is 1. The zero-order valence-electron chi connectivity index (χ0n) is 19.0. The molecule has 0 saturated heterocycles. The highest BCUT2D eigenvalue weighted by Crippen LogP contribution is 2.46. The van der Waals surface area contributed by atoms with Crippen LogP contribution in [0.25, 0.3) is 0 Å². The van der Waals surface area contributed by atoms with E-state index in [1.54, 1.807) is 26.4 Å². The average molecular weight is 468 g/mol. The molecular weight excluding hydrogens is 442 g/mol. The highest BCUT2D eigenvalue weighted by molar-refractivity contribution is 6.30. The SMILES string of the molecule is COC(=O)C1=C(C)NC2=C(C(=O)C[C@H](c3ccc(OC)c(OC)c3)C2)[C@@H]1c1cccc(Cl)c1. The Labute approximate surface area is 198 Å². The van der Waals surface area contributed by atoms with Gasteiger partial charge in [-0.05, 0) is 54.7 Å². The van der Waals surface area contributed by atoms with Crippen molar-refractivity contribution in [3.05, 3.63) is 81.2 Å². The van der Waals surface area contributed by atoms with Crippen LogP contribution >= 0.6 is 11.6 Å². The molecule has 0 bridgehead atoms. The van der Waals surface area contributed by atoms with Crippen LogP contribution in [0, 0.1) is 0 Å². The predicted octanol–water partition coefficient (Wildman–Crippen LogP) is 4.89. The number of esters is 1. The van der Waals surface area contributed by atoms with E-state index < -0.39 is 11.9 Å². The van der Waals surface area contributed by atoms with Gasteiger partial charge in [-0.15, -0.1) is 0 Å². The summed E-state index contributed by atoms with van der Waals surface area (Å²) >= 11 is 6.26. The monoisotopic (exact) mass is 467 g/mol. The third kappa shape index (κ3) is 4.23. The van der Waals surface area contributed by atoms with Crippen LogP contribution < -0.4 is 14.8 Å². The molecule has 1 heterocycles. The van der Waals surface area contributed by atoms with Crippen LogP contribution in [0.1, 0.15) is 42.7 Å². The molecule has 33 heavy (non-hydrogen) atoms. The molecule has 2 aromatic rings. The first-order chi connectivity index (χ1) is 15.9. The Balaban J connectivity index is 1.78. The Morgan fingerprint density at radius 2 is 1.76 bits per heavy atom. The van der Waals surface area contributed by atoms with Gasteiger partial charge in [0.1, 0.15) is 0 Å². The van der Waals surface area contributed by atoms with E-state index in [1.165, 1.54) is 7.11 Å². The van der Waals surface area contributed by atoms with Crippen molar-refractivity contribution in [2.24, 2.45) is 0 Å². The molecule has 0 fully saturated rings. The smallest absolute Gasteiger partial charge is 0.336 e. The standard InChI is InChI=1S/C26H26ClNO5/c1-14-23(26(30)33-4)24(16-6-5-7-18(27)10-16)25-19(28-14)11-17(12-20(25)29)15-8-9-21(31-2)22(13-15)32-3/h5-10,13,17,24,28H,11-12H2,1-4H3/t17-,24-/m1/s1. The molecule has 2 atom stereocenters. The number of allylic oxidation sites excluding steroid dienone is 3. The Kier molecular flexibility index (Phi) is 6.47. The molecule has 2 aromatic carbocycles. The minimum atomic E-state index is -0.536. The lowest BCUT2D eigenvalue weighted by atomic mass is 9.71. The number of hydrogen-bond acceptors (Lipinski definition) is 6. The molecule has 172 valence electrons. The van der Waals surface area contributed by atoms with E-state index in [2.05, 4.69) is 5.32 Å². The largest absolute Gasteiger partial charge is 0.493 e. The summed E-state index contributed by atoms with van der Waals surface area (Å²) in [6, 6.07) is 13.0. The summed E-state index contributed by atoms with van der Waals surface area (Å²) in [5.74, 6) is 0.220. The van der Waals surface area contributed by atoms with Crippen molar-refractivity contribution in [2.75, 3.05) is 21.3 Å². The number of carbonyl (C=O) groups is 2. The molecule has 2 aliphatic rings. The second kappa shape index (κ2) is 9.32. The van der Waals surface area contributed by atoms with Gasteiger partial charge in [0.15, 0.2) is 17.3 Å². The van der Waals surface area contributed by atoms with E-state index in [0.717, 1.165) is 16.8 Å². The van der Waals surface area contributed by atoms with Crippen LogP contribution in [0.2, 0.25) is 5.02 Å². The molecule has 0 spiro atoms. The van der Waals surface area contributed by atoms with E-state index in [4.69, 9.17) is 25.8 Å². The van der Waals surface area contributed by atoms with Gasteiger partial charge < -0.3 is 19.5 Å². The normalized spacial score (nSPS) is 20.2. The lowest BCUT2D eigenvalue weighted by Crippen LogP contribution is -2.36. The van der Waals surface area contributed by atoms with Crippen molar-refractivity contribution in [3.8, 4) is 11.5 Å².